The molecule has 0 saturated heterocycles. The fourth-order valence-corrected chi connectivity index (χ4v) is 0.864. The molecule has 2 N–H and O–H groups in total. The quantitative estimate of drug-likeness (QED) is 0.481. The van der Waals surface area contributed by atoms with E-state index in [-0.39, 0.29) is 5.54 Å². The van der Waals surface area contributed by atoms with Crippen LogP contribution in [0.1, 0.15) is 33.1 Å². The Morgan fingerprint density at radius 1 is 1.33 bits per heavy atom. The first-order chi connectivity index (χ1) is 4.06. The average Bonchev–Trinajstić information content (AvgIpc) is 1.63. The summed E-state index contributed by atoms with van der Waals surface area (Å²) in [5.41, 5.74) is 5.73. The molecule has 0 aromatic rings. The predicted molar refractivity (Wildman–Crippen MR) is 42.8 cm³/mol. The number of nitrogens with two attached hydrogens (primary N) is 1. The van der Waals surface area contributed by atoms with E-state index in [2.05, 4.69) is 0 Å². The summed E-state index contributed by atoms with van der Waals surface area (Å²) in [5, 5.41) is 0. The first-order valence-electron chi connectivity index (χ1n) is 3.41. The van der Waals surface area contributed by atoms with Crippen LogP contribution in [0.25, 0.3) is 0 Å². The van der Waals surface area contributed by atoms with Crippen molar-refractivity contribution in [3.05, 3.63) is 0 Å². The van der Waals surface area contributed by atoms with Crippen molar-refractivity contribution in [1.29, 1.82) is 0 Å². The molecule has 2 heteroatoms. The van der Waals surface area contributed by atoms with Crippen molar-refractivity contribution >= 4 is 11.6 Å². The molecule has 0 spiro atoms. The van der Waals surface area contributed by atoms with Gasteiger partial charge in [0.2, 0.25) is 0 Å². The molecule has 0 amide bonds. The molecule has 0 bridgehead atoms. The Kier molecular flexibility index (Phi) is 4.24. The van der Waals surface area contributed by atoms with Crippen LogP contribution in [0, 0.1) is 0 Å². The highest BCUT2D eigenvalue weighted by Crippen LogP contribution is 2.08. The molecule has 56 valence electrons. The SMILES string of the molecule is CC(C)(N)CCCCCl. The standard InChI is InChI=1S/C7H16ClN/c1-7(2,9)5-3-4-6-8/h3-6,9H2,1-2H3. The van der Waals surface area contributed by atoms with Crippen LogP contribution in [-0.2, 0) is 0 Å². The van der Waals surface area contributed by atoms with Crippen molar-refractivity contribution < 1.29 is 0 Å². The molecule has 0 fully saturated rings. The monoisotopic (exact) mass is 149 g/mol. The smallest absolute Gasteiger partial charge is 0.0223 e. The minimum atomic E-state index is -0.00788. The van der Waals surface area contributed by atoms with Crippen LogP contribution in [-0.4, -0.2) is 11.4 Å². The van der Waals surface area contributed by atoms with Crippen LogP contribution < -0.4 is 5.73 Å². The molecule has 0 saturated carbocycles. The van der Waals surface area contributed by atoms with Crippen LogP contribution in [0.3, 0.4) is 0 Å². The number of halogens is 1. The predicted octanol–water partition coefficient (Wildman–Crippen LogP) is 2.13. The molecule has 9 heavy (non-hydrogen) atoms. The summed E-state index contributed by atoms with van der Waals surface area (Å²) in [6.07, 6.45) is 3.30. The van der Waals surface area contributed by atoms with Crippen LogP contribution in [0.2, 0.25) is 0 Å². The molecule has 0 aliphatic carbocycles. The van der Waals surface area contributed by atoms with E-state index in [1.165, 1.54) is 0 Å². The van der Waals surface area contributed by atoms with Gasteiger partial charge < -0.3 is 5.73 Å². The summed E-state index contributed by atoms with van der Waals surface area (Å²) in [6, 6.07) is 0. The Bertz CT molecular complexity index is 65.8. The van der Waals surface area contributed by atoms with Gasteiger partial charge in [-0.3, -0.25) is 0 Å². The maximum atomic E-state index is 5.73. The highest BCUT2D eigenvalue weighted by atomic mass is 35.5. The first-order valence-corrected chi connectivity index (χ1v) is 3.94. The minimum absolute atomic E-state index is 0.00788. The molecule has 0 radical (unpaired) electrons. The van der Waals surface area contributed by atoms with E-state index in [4.69, 9.17) is 17.3 Å². The van der Waals surface area contributed by atoms with Crippen molar-refractivity contribution in [3.63, 3.8) is 0 Å². The summed E-state index contributed by atoms with van der Waals surface area (Å²) < 4.78 is 0. The largest absolute Gasteiger partial charge is 0.326 e. The van der Waals surface area contributed by atoms with Gasteiger partial charge in [0.1, 0.15) is 0 Å². The summed E-state index contributed by atoms with van der Waals surface area (Å²) in [4.78, 5) is 0. The molecule has 0 rings (SSSR count). The van der Waals surface area contributed by atoms with Gasteiger partial charge in [-0.1, -0.05) is 6.42 Å². The molecule has 1 nitrogen and oxygen atoms in total. The van der Waals surface area contributed by atoms with Gasteiger partial charge in [-0.2, -0.15) is 0 Å². The zero-order valence-corrected chi connectivity index (χ0v) is 7.04. The Morgan fingerprint density at radius 3 is 2.22 bits per heavy atom. The van der Waals surface area contributed by atoms with Gasteiger partial charge in [0.25, 0.3) is 0 Å². The van der Waals surface area contributed by atoms with E-state index in [0.29, 0.717) is 0 Å². The van der Waals surface area contributed by atoms with E-state index < -0.39 is 0 Å². The van der Waals surface area contributed by atoms with Gasteiger partial charge >= 0.3 is 0 Å². The summed E-state index contributed by atoms with van der Waals surface area (Å²) in [7, 11) is 0. The van der Waals surface area contributed by atoms with Gasteiger partial charge in [0, 0.05) is 11.4 Å². The molecule has 0 aromatic carbocycles. The van der Waals surface area contributed by atoms with E-state index in [1.807, 2.05) is 13.8 Å². The lowest BCUT2D eigenvalue weighted by molar-refractivity contribution is 0.456. The molecule has 0 unspecified atom stereocenters. The molecule has 0 aliphatic rings. The van der Waals surface area contributed by atoms with E-state index in [1.54, 1.807) is 0 Å². The number of hydrogen-bond donors (Lipinski definition) is 1. The van der Waals surface area contributed by atoms with Gasteiger partial charge in [-0.15, -0.1) is 11.6 Å². The zero-order chi connectivity index (χ0) is 7.33. The number of unbranched alkanes of at least 4 members (excludes halogenated alkanes) is 1. The molecule has 0 aromatic heterocycles. The van der Waals surface area contributed by atoms with Crippen LogP contribution in [0.5, 0.6) is 0 Å². The van der Waals surface area contributed by atoms with Crippen molar-refractivity contribution in [1.82, 2.24) is 0 Å². The second-order valence-corrected chi connectivity index (χ2v) is 3.51. The van der Waals surface area contributed by atoms with Crippen LogP contribution in [0.15, 0.2) is 0 Å². The van der Waals surface area contributed by atoms with Crippen LogP contribution >= 0.6 is 11.6 Å². The second-order valence-electron chi connectivity index (χ2n) is 3.13. The molecular weight excluding hydrogens is 134 g/mol. The zero-order valence-electron chi connectivity index (χ0n) is 6.28. The van der Waals surface area contributed by atoms with Gasteiger partial charge in [0.15, 0.2) is 0 Å². The van der Waals surface area contributed by atoms with Crippen LogP contribution in [0.4, 0.5) is 0 Å². The summed E-state index contributed by atoms with van der Waals surface area (Å²) in [6.45, 7) is 4.09. The van der Waals surface area contributed by atoms with Crippen molar-refractivity contribution in [2.75, 3.05) is 5.88 Å². The van der Waals surface area contributed by atoms with Crippen molar-refractivity contribution in [2.24, 2.45) is 5.73 Å². The molecule has 0 aliphatic heterocycles. The van der Waals surface area contributed by atoms with Crippen molar-refractivity contribution in [2.45, 2.75) is 38.6 Å². The number of hydrogen-bond acceptors (Lipinski definition) is 1. The normalized spacial score (nSPS) is 12.0. The summed E-state index contributed by atoms with van der Waals surface area (Å²) in [5.74, 6) is 0.760. The molecule has 0 atom stereocenters. The van der Waals surface area contributed by atoms with E-state index in [0.717, 1.165) is 25.1 Å². The Balaban J connectivity index is 3.07. The van der Waals surface area contributed by atoms with E-state index >= 15 is 0 Å². The third-order valence-electron chi connectivity index (χ3n) is 1.20. The summed E-state index contributed by atoms with van der Waals surface area (Å²) >= 11 is 5.49. The topological polar surface area (TPSA) is 26.0 Å². The second kappa shape index (κ2) is 4.13. The van der Waals surface area contributed by atoms with Gasteiger partial charge in [0.05, 0.1) is 0 Å². The number of rotatable bonds is 4. The Hall–Kier alpha value is 0.250. The lowest BCUT2D eigenvalue weighted by Gasteiger charge is -2.17. The minimum Gasteiger partial charge on any atom is -0.326 e. The third-order valence-corrected chi connectivity index (χ3v) is 1.47. The lowest BCUT2D eigenvalue weighted by Crippen LogP contribution is -2.31. The van der Waals surface area contributed by atoms with Gasteiger partial charge in [-0.05, 0) is 26.7 Å². The Labute approximate surface area is 62.6 Å². The fraction of sp³-hybridized carbons (Fsp3) is 1.00. The van der Waals surface area contributed by atoms with E-state index in [9.17, 15) is 0 Å². The highest BCUT2D eigenvalue weighted by Gasteiger charge is 2.08. The number of alkyl halides is 1. The fourth-order valence-electron chi connectivity index (χ4n) is 0.675. The van der Waals surface area contributed by atoms with Crippen molar-refractivity contribution in [3.8, 4) is 0 Å². The first kappa shape index (κ1) is 9.25. The third kappa shape index (κ3) is 8.25. The molecular formula is C7H16ClN. The van der Waals surface area contributed by atoms with Gasteiger partial charge in [-0.25, -0.2) is 0 Å². The lowest BCUT2D eigenvalue weighted by atomic mass is 9.99. The molecule has 0 heterocycles. The average molecular weight is 150 g/mol. The highest BCUT2D eigenvalue weighted by molar-refractivity contribution is 6.17. The Morgan fingerprint density at radius 2 is 1.89 bits per heavy atom. The maximum Gasteiger partial charge on any atom is 0.0223 e. The maximum absolute atomic E-state index is 5.73.